The number of benzene rings is 1. The second kappa shape index (κ2) is 17.9. The van der Waals surface area contributed by atoms with Crippen molar-refractivity contribution in [1.82, 2.24) is 25.1 Å². The number of likely N-dealkylation sites (N-methyl/N-ethyl adjacent to an activating group) is 1. The second-order valence-electron chi connectivity index (χ2n) is 12.8. The number of aromatic nitrogens is 2. The number of aryl methyl sites for hydroxylation is 1. The van der Waals surface area contributed by atoms with Crippen LogP contribution in [0.5, 0.6) is 0 Å². The summed E-state index contributed by atoms with van der Waals surface area (Å²) in [4.78, 5) is 31.7. The van der Waals surface area contributed by atoms with Crippen LogP contribution < -0.4 is 10.6 Å². The maximum atomic E-state index is 13.3. The number of carbonyl (C=O) groups is 1. The van der Waals surface area contributed by atoms with Crippen LogP contribution in [0, 0.1) is 18.3 Å². The topological polar surface area (TPSA) is 85.7 Å². The van der Waals surface area contributed by atoms with Gasteiger partial charge in [0.25, 0.3) is 5.91 Å². The molecule has 5 rings (SSSR count). The molecule has 1 saturated carbocycles. The Morgan fingerprint density at radius 3 is 2.43 bits per heavy atom. The second-order valence-corrected chi connectivity index (χ2v) is 12.8. The first-order chi connectivity index (χ1) is 22.1. The van der Waals surface area contributed by atoms with Crippen molar-refractivity contribution in [2.24, 2.45) is 16.3 Å². The number of amides is 1. The molecule has 2 atom stereocenters. The predicted molar refractivity (Wildman–Crippen MR) is 198 cm³/mol. The highest BCUT2D eigenvalue weighted by Gasteiger charge is 2.53. The van der Waals surface area contributed by atoms with E-state index >= 15 is 0 Å². The molecule has 0 bridgehead atoms. The van der Waals surface area contributed by atoms with Crippen LogP contribution in [0.25, 0.3) is 5.57 Å². The minimum atomic E-state index is -0.0825. The van der Waals surface area contributed by atoms with E-state index in [4.69, 9.17) is 4.98 Å². The fourth-order valence-corrected chi connectivity index (χ4v) is 5.51. The summed E-state index contributed by atoms with van der Waals surface area (Å²) in [5, 5.41) is 6.62. The van der Waals surface area contributed by atoms with Gasteiger partial charge < -0.3 is 15.5 Å². The van der Waals surface area contributed by atoms with Gasteiger partial charge in [-0.2, -0.15) is 0 Å². The molecule has 8 nitrogen and oxygen atoms in total. The quantitative estimate of drug-likeness (QED) is 0.273. The van der Waals surface area contributed by atoms with E-state index in [2.05, 4.69) is 90.3 Å². The number of carbonyl (C=O) groups excluding carboxylic acids is 1. The van der Waals surface area contributed by atoms with Gasteiger partial charge >= 0.3 is 0 Å². The molecule has 0 spiro atoms. The van der Waals surface area contributed by atoms with Crippen LogP contribution in [0.2, 0.25) is 0 Å². The van der Waals surface area contributed by atoms with Crippen molar-refractivity contribution in [2.75, 3.05) is 45.1 Å². The van der Waals surface area contributed by atoms with Gasteiger partial charge in [-0.1, -0.05) is 71.7 Å². The lowest BCUT2D eigenvalue weighted by Crippen LogP contribution is -2.43. The largest absolute Gasteiger partial charge is 0.327 e. The number of fused-ring (bicyclic) bond motifs is 1. The lowest BCUT2D eigenvalue weighted by molar-refractivity contribution is 0.0966. The van der Waals surface area contributed by atoms with Crippen LogP contribution in [-0.4, -0.2) is 71.7 Å². The van der Waals surface area contributed by atoms with Gasteiger partial charge in [0, 0.05) is 82.5 Å². The molecule has 8 heteroatoms. The highest BCUT2D eigenvalue weighted by atomic mass is 16.1. The summed E-state index contributed by atoms with van der Waals surface area (Å²) in [6, 6.07) is 8.09. The molecule has 0 radical (unpaired) electrons. The van der Waals surface area contributed by atoms with E-state index in [0.717, 1.165) is 73.9 Å². The third kappa shape index (κ3) is 10.2. The Morgan fingerprint density at radius 2 is 1.80 bits per heavy atom. The molecular formula is C38H61N7O. The van der Waals surface area contributed by atoms with Gasteiger partial charge in [0.15, 0.2) is 0 Å². The average molecular weight is 632 g/mol. The maximum absolute atomic E-state index is 13.3. The lowest BCUT2D eigenvalue weighted by Gasteiger charge is -2.32. The van der Waals surface area contributed by atoms with Crippen molar-refractivity contribution in [2.45, 2.75) is 81.2 Å². The Hall–Kier alpha value is -3.62. The highest BCUT2D eigenvalue weighted by Crippen LogP contribution is 2.60. The normalized spacial score (nSPS) is 21.2. The number of rotatable bonds is 9. The number of nitrogens with zero attached hydrogens (tertiary/aromatic N) is 5. The number of aliphatic imine (C=N–C) groups is 1. The molecule has 1 aromatic carbocycles. The fraction of sp³-hybridized carbons (Fsp3) is 0.526. The molecule has 46 heavy (non-hydrogen) atoms. The number of anilines is 1. The van der Waals surface area contributed by atoms with Crippen LogP contribution in [0.3, 0.4) is 0 Å². The van der Waals surface area contributed by atoms with Crippen molar-refractivity contribution in [3.63, 3.8) is 0 Å². The van der Waals surface area contributed by atoms with Crippen LogP contribution >= 0.6 is 0 Å². The number of piperazine rings is 1. The van der Waals surface area contributed by atoms with Gasteiger partial charge in [-0.25, -0.2) is 9.97 Å². The Kier molecular flexibility index (Phi) is 14.3. The van der Waals surface area contributed by atoms with E-state index < -0.39 is 0 Å². The van der Waals surface area contributed by atoms with E-state index in [1.54, 1.807) is 6.20 Å². The van der Waals surface area contributed by atoms with Crippen molar-refractivity contribution in [1.29, 1.82) is 0 Å². The minimum absolute atomic E-state index is 0. The van der Waals surface area contributed by atoms with Crippen molar-refractivity contribution in [3.05, 3.63) is 82.5 Å². The molecule has 254 valence electrons. The molecule has 1 saturated heterocycles. The van der Waals surface area contributed by atoms with E-state index in [0.29, 0.717) is 17.4 Å². The van der Waals surface area contributed by atoms with E-state index in [1.807, 2.05) is 51.3 Å². The van der Waals surface area contributed by atoms with Gasteiger partial charge in [-0.15, -0.1) is 0 Å². The standard InChI is InChI=1S/C32H41N7O.2C3H8.2H2/c1-6-24(20-33-7-2)28-10-11-34-31(36-28)37-29-18-26(17-25-19-32(25,29)4)35-30(40)27-9-8-23(16-22(27)3)21-39-14-12-38(5)13-15-39;2*1-3-2;;/h6,8-11,16-18,20,25H,7,12-15,19,21H2,1-5H3,(H,35,40)(H,34,36,37);2*3H2,1-2H3;2*1H/b24-6+,33-20?;;;;. The molecule has 3 aliphatic rings. The van der Waals surface area contributed by atoms with Gasteiger partial charge in [-0.3, -0.25) is 14.7 Å². The van der Waals surface area contributed by atoms with Crippen LogP contribution in [-0.2, 0) is 6.54 Å². The van der Waals surface area contributed by atoms with Crippen LogP contribution in [0.4, 0.5) is 5.95 Å². The highest BCUT2D eigenvalue weighted by molar-refractivity contribution is 6.08. The van der Waals surface area contributed by atoms with Crippen molar-refractivity contribution in [3.8, 4) is 0 Å². The van der Waals surface area contributed by atoms with Gasteiger partial charge in [0.05, 0.1) is 5.69 Å². The number of hydrogen-bond donors (Lipinski definition) is 2. The number of hydrogen-bond acceptors (Lipinski definition) is 7. The zero-order valence-corrected chi connectivity index (χ0v) is 29.8. The molecule has 1 aromatic heterocycles. The third-order valence-electron chi connectivity index (χ3n) is 8.32. The molecule has 2 unspecified atom stereocenters. The Labute approximate surface area is 281 Å². The van der Waals surface area contributed by atoms with E-state index in [9.17, 15) is 4.79 Å². The van der Waals surface area contributed by atoms with E-state index in [1.165, 1.54) is 18.4 Å². The lowest BCUT2D eigenvalue weighted by atomic mass is 9.95. The summed E-state index contributed by atoms with van der Waals surface area (Å²) in [6.45, 7) is 22.7. The number of nitrogens with one attached hydrogen (secondary N) is 2. The van der Waals surface area contributed by atoms with E-state index in [-0.39, 0.29) is 14.2 Å². The van der Waals surface area contributed by atoms with Gasteiger partial charge in [0.1, 0.15) is 0 Å². The first kappa shape index (κ1) is 36.8. The first-order valence-corrected chi connectivity index (χ1v) is 17.1. The molecule has 2 aliphatic carbocycles. The SMILES string of the molecule is C/C=C(\C=NCC)c1ccnc(NC2=CC(NC(=O)c3ccc(CN4CCN(C)CC4)cc3C)=CC3CC23C)n1.CCC.CCC.[HH].[HH]. The zero-order valence-electron chi connectivity index (χ0n) is 29.8. The average Bonchev–Trinajstić information content (AvgIpc) is 3.71. The summed E-state index contributed by atoms with van der Waals surface area (Å²) in [5.74, 6) is 0.827. The zero-order chi connectivity index (χ0) is 33.7. The maximum Gasteiger partial charge on any atom is 0.255 e. The Bertz CT molecular complexity index is 1430. The molecule has 2 fully saturated rings. The summed E-state index contributed by atoms with van der Waals surface area (Å²) < 4.78 is 0. The van der Waals surface area contributed by atoms with Gasteiger partial charge in [-0.05, 0) is 69.5 Å². The van der Waals surface area contributed by atoms with Crippen LogP contribution in [0.1, 0.15) is 97.8 Å². The molecule has 1 amide bonds. The van der Waals surface area contributed by atoms with Crippen LogP contribution in [0.15, 0.2) is 65.1 Å². The first-order valence-electron chi connectivity index (χ1n) is 17.1. The Balaban J connectivity index is 0.00000134. The summed E-state index contributed by atoms with van der Waals surface area (Å²) >= 11 is 0. The fourth-order valence-electron chi connectivity index (χ4n) is 5.51. The molecule has 2 N–H and O–H groups in total. The van der Waals surface area contributed by atoms with Gasteiger partial charge in [0.2, 0.25) is 5.95 Å². The van der Waals surface area contributed by atoms with Crippen molar-refractivity contribution >= 4 is 23.6 Å². The predicted octanol–water partition coefficient (Wildman–Crippen LogP) is 8.00. The summed E-state index contributed by atoms with van der Waals surface area (Å²) in [5.41, 5.74) is 6.57. The molecule has 2 heterocycles. The number of allylic oxidation sites excluding steroid dienone is 5. The third-order valence-corrected chi connectivity index (χ3v) is 8.32. The monoisotopic (exact) mass is 631 g/mol. The molecule has 1 aliphatic heterocycles. The Morgan fingerprint density at radius 1 is 1.11 bits per heavy atom. The minimum Gasteiger partial charge on any atom is -0.327 e. The smallest absolute Gasteiger partial charge is 0.255 e. The summed E-state index contributed by atoms with van der Waals surface area (Å²) in [7, 11) is 2.17. The molecule has 2 aromatic rings. The molecular weight excluding hydrogens is 570 g/mol. The van der Waals surface area contributed by atoms with Crippen molar-refractivity contribution < 1.29 is 7.65 Å². The summed E-state index contributed by atoms with van der Waals surface area (Å²) in [6.07, 6.45) is 13.3.